The number of aromatic nitrogens is 4. The number of pyridine rings is 1. The van der Waals surface area contributed by atoms with E-state index in [0.717, 1.165) is 43.4 Å². The van der Waals surface area contributed by atoms with Gasteiger partial charge >= 0.3 is 0 Å². The summed E-state index contributed by atoms with van der Waals surface area (Å²) in [5.41, 5.74) is 2.14. The minimum atomic E-state index is 0.817. The number of aliphatic imine (C=N–C) groups is 1. The number of fused-ring (bicyclic) bond motifs is 1. The summed E-state index contributed by atoms with van der Waals surface area (Å²) in [5, 5.41) is 11.9. The maximum absolute atomic E-state index is 4.37. The predicted octanol–water partition coefficient (Wildman–Crippen LogP) is 1.71. The molecule has 3 aromatic rings. The first-order valence-corrected chi connectivity index (χ1v) is 8.49. The largest absolute Gasteiger partial charge is 0.356 e. The van der Waals surface area contributed by atoms with Crippen molar-refractivity contribution in [2.75, 3.05) is 20.6 Å². The molecule has 0 radical (unpaired) electrons. The van der Waals surface area contributed by atoms with E-state index in [4.69, 9.17) is 0 Å². The molecule has 0 aliphatic rings. The first kappa shape index (κ1) is 17.0. The summed E-state index contributed by atoms with van der Waals surface area (Å²) >= 11 is 0. The van der Waals surface area contributed by atoms with E-state index in [9.17, 15) is 0 Å². The lowest BCUT2D eigenvalue weighted by atomic mass is 10.3. The molecule has 0 aliphatic carbocycles. The van der Waals surface area contributed by atoms with Crippen LogP contribution >= 0.6 is 0 Å². The van der Waals surface area contributed by atoms with E-state index in [1.807, 2.05) is 42.9 Å². The van der Waals surface area contributed by atoms with Crippen molar-refractivity contribution in [2.24, 2.45) is 12.0 Å². The van der Waals surface area contributed by atoms with Gasteiger partial charge in [0.1, 0.15) is 5.82 Å². The molecule has 0 aliphatic heterocycles. The molecule has 0 unspecified atom stereocenters. The first-order chi connectivity index (χ1) is 12.2. The van der Waals surface area contributed by atoms with Gasteiger partial charge in [0, 0.05) is 52.2 Å². The lowest BCUT2D eigenvalue weighted by Gasteiger charge is -2.22. The number of nitrogens with one attached hydrogen (secondary N) is 1. The highest BCUT2D eigenvalue weighted by molar-refractivity contribution is 5.79. The van der Waals surface area contributed by atoms with Gasteiger partial charge in [-0.15, -0.1) is 10.2 Å². The van der Waals surface area contributed by atoms with Gasteiger partial charge in [-0.2, -0.15) is 0 Å². The quantitative estimate of drug-likeness (QED) is 0.422. The maximum Gasteiger partial charge on any atom is 0.193 e. The molecular formula is C18H25N7. The van der Waals surface area contributed by atoms with Crippen molar-refractivity contribution in [3.63, 3.8) is 0 Å². The Hall–Kier alpha value is -2.83. The Balaban J connectivity index is 1.49. The van der Waals surface area contributed by atoms with E-state index in [-0.39, 0.29) is 0 Å². The van der Waals surface area contributed by atoms with E-state index < -0.39 is 0 Å². The predicted molar refractivity (Wildman–Crippen MR) is 99.5 cm³/mol. The summed E-state index contributed by atoms with van der Waals surface area (Å²) in [5.74, 6) is 1.89. The third-order valence-corrected chi connectivity index (χ3v) is 4.27. The van der Waals surface area contributed by atoms with Crippen LogP contribution in [0.5, 0.6) is 0 Å². The second-order valence-electron chi connectivity index (χ2n) is 6.09. The fraction of sp³-hybridized carbons (Fsp3) is 0.389. The minimum absolute atomic E-state index is 0.817. The van der Waals surface area contributed by atoms with Crippen LogP contribution in [0.4, 0.5) is 0 Å². The molecule has 7 heteroatoms. The van der Waals surface area contributed by atoms with Crippen LogP contribution in [0.2, 0.25) is 0 Å². The monoisotopic (exact) mass is 339 g/mol. The number of aryl methyl sites for hydroxylation is 2. The van der Waals surface area contributed by atoms with Crippen molar-refractivity contribution >= 4 is 11.6 Å². The normalized spacial score (nSPS) is 11.9. The fourth-order valence-corrected chi connectivity index (χ4v) is 2.87. The molecule has 3 aromatic heterocycles. The lowest BCUT2D eigenvalue weighted by molar-refractivity contribution is 0.461. The highest BCUT2D eigenvalue weighted by atomic mass is 15.3. The van der Waals surface area contributed by atoms with E-state index in [1.54, 1.807) is 0 Å². The highest BCUT2D eigenvalue weighted by Crippen LogP contribution is 2.06. The number of guanidine groups is 1. The van der Waals surface area contributed by atoms with Gasteiger partial charge in [-0.1, -0.05) is 6.07 Å². The van der Waals surface area contributed by atoms with Crippen molar-refractivity contribution < 1.29 is 0 Å². The van der Waals surface area contributed by atoms with E-state index in [0.29, 0.717) is 0 Å². The Morgan fingerprint density at radius 1 is 1.20 bits per heavy atom. The molecule has 3 heterocycles. The van der Waals surface area contributed by atoms with Crippen LogP contribution in [-0.2, 0) is 20.0 Å². The van der Waals surface area contributed by atoms with Crippen LogP contribution in [0.15, 0.2) is 47.7 Å². The molecule has 0 amide bonds. The summed E-state index contributed by atoms with van der Waals surface area (Å²) in [6, 6.07) is 10.1. The van der Waals surface area contributed by atoms with Crippen molar-refractivity contribution in [1.29, 1.82) is 0 Å². The molecule has 3 rings (SSSR count). The first-order valence-electron chi connectivity index (χ1n) is 8.49. The number of hydrogen-bond donors (Lipinski definition) is 1. The Bertz CT molecular complexity index is 846. The van der Waals surface area contributed by atoms with E-state index in [1.165, 1.54) is 5.69 Å². The van der Waals surface area contributed by atoms with Crippen LogP contribution in [-0.4, -0.2) is 50.7 Å². The van der Waals surface area contributed by atoms with Crippen LogP contribution in [0.3, 0.4) is 0 Å². The summed E-state index contributed by atoms with van der Waals surface area (Å²) in [7, 11) is 5.92. The molecule has 0 saturated carbocycles. The molecular weight excluding hydrogens is 314 g/mol. The zero-order valence-corrected chi connectivity index (χ0v) is 15.1. The Morgan fingerprint density at radius 3 is 2.84 bits per heavy atom. The molecule has 7 nitrogen and oxygen atoms in total. The van der Waals surface area contributed by atoms with Crippen molar-refractivity contribution in [3.8, 4) is 0 Å². The molecule has 25 heavy (non-hydrogen) atoms. The second-order valence-corrected chi connectivity index (χ2v) is 6.09. The van der Waals surface area contributed by atoms with Gasteiger partial charge in [0.05, 0.1) is 6.54 Å². The molecule has 0 spiro atoms. The molecule has 132 valence electrons. The Morgan fingerprint density at radius 2 is 2.08 bits per heavy atom. The number of hydrogen-bond acceptors (Lipinski definition) is 3. The molecule has 0 atom stereocenters. The summed E-state index contributed by atoms with van der Waals surface area (Å²) < 4.78 is 4.16. The third kappa shape index (κ3) is 3.99. The van der Waals surface area contributed by atoms with Crippen LogP contribution in [0.1, 0.15) is 17.9 Å². The smallest absolute Gasteiger partial charge is 0.193 e. The summed E-state index contributed by atoms with van der Waals surface area (Å²) in [6.45, 7) is 1.66. The maximum atomic E-state index is 4.37. The van der Waals surface area contributed by atoms with Crippen molar-refractivity contribution in [3.05, 3.63) is 54.2 Å². The fourth-order valence-electron chi connectivity index (χ4n) is 2.87. The highest BCUT2D eigenvalue weighted by Gasteiger charge is 2.09. The van der Waals surface area contributed by atoms with Crippen molar-refractivity contribution in [2.45, 2.75) is 19.4 Å². The molecule has 0 bridgehead atoms. The van der Waals surface area contributed by atoms with Gasteiger partial charge in [0.2, 0.25) is 0 Å². The zero-order chi connectivity index (χ0) is 17.6. The molecule has 1 N–H and O–H groups in total. The van der Waals surface area contributed by atoms with Gasteiger partial charge in [-0.25, -0.2) is 0 Å². The van der Waals surface area contributed by atoms with Crippen LogP contribution in [0, 0.1) is 0 Å². The minimum Gasteiger partial charge on any atom is -0.356 e. The average molecular weight is 339 g/mol. The van der Waals surface area contributed by atoms with Gasteiger partial charge in [0.15, 0.2) is 11.6 Å². The van der Waals surface area contributed by atoms with Crippen LogP contribution in [0.25, 0.3) is 5.65 Å². The van der Waals surface area contributed by atoms with E-state index >= 15 is 0 Å². The topological polar surface area (TPSA) is 62.8 Å². The van der Waals surface area contributed by atoms with Gasteiger partial charge in [-0.05, 0) is 30.7 Å². The molecule has 0 fully saturated rings. The standard InChI is InChI=1S/C18H25N7/c1-19-18(24(3)14-15-8-7-12-23(15)2)20-11-6-10-17-22-21-16-9-4-5-13-25(16)17/h4-5,7-9,12-13H,6,10-11,14H2,1-3H3,(H,19,20). The second kappa shape index (κ2) is 7.83. The van der Waals surface area contributed by atoms with Gasteiger partial charge in [0.25, 0.3) is 0 Å². The van der Waals surface area contributed by atoms with Gasteiger partial charge < -0.3 is 14.8 Å². The number of nitrogens with zero attached hydrogens (tertiary/aromatic N) is 6. The SMILES string of the molecule is CN=C(NCCCc1nnc2ccccn12)N(C)Cc1cccn1C. The lowest BCUT2D eigenvalue weighted by Crippen LogP contribution is -2.39. The summed E-state index contributed by atoms with van der Waals surface area (Å²) in [6.07, 6.45) is 5.90. The Kier molecular flexibility index (Phi) is 5.33. The third-order valence-electron chi connectivity index (χ3n) is 4.27. The zero-order valence-electron chi connectivity index (χ0n) is 15.1. The van der Waals surface area contributed by atoms with Gasteiger partial charge in [-0.3, -0.25) is 9.39 Å². The molecule has 0 aromatic carbocycles. The van der Waals surface area contributed by atoms with Crippen LogP contribution < -0.4 is 5.32 Å². The number of rotatable bonds is 6. The summed E-state index contributed by atoms with van der Waals surface area (Å²) in [4.78, 5) is 6.50. The van der Waals surface area contributed by atoms with E-state index in [2.05, 4.69) is 55.4 Å². The Labute approximate surface area is 148 Å². The molecule has 0 saturated heterocycles. The van der Waals surface area contributed by atoms with Crippen molar-refractivity contribution in [1.82, 2.24) is 29.4 Å². The average Bonchev–Trinajstić information content (AvgIpc) is 3.21.